The minimum Gasteiger partial charge on any atom is -0.319 e. The number of Topliss-reactive ketones (excluding diaryl/α,β-unsaturated/α-hetero) is 1. The smallest absolute Gasteiger partial charge is 0.182 e. The van der Waals surface area contributed by atoms with E-state index in [1.165, 1.54) is 31.2 Å². The normalized spacial score (nSPS) is 22.8. The quantitative estimate of drug-likeness (QED) is 0.837. The highest BCUT2D eigenvalue weighted by Gasteiger charge is 2.36. The molecule has 19 heavy (non-hydrogen) atoms. The molecule has 1 aromatic rings. The summed E-state index contributed by atoms with van der Waals surface area (Å²) in [7, 11) is 0. The van der Waals surface area contributed by atoms with E-state index in [0.717, 1.165) is 31.2 Å². The second-order valence-corrected chi connectivity index (χ2v) is 6.30. The van der Waals surface area contributed by atoms with Crippen molar-refractivity contribution in [3.8, 4) is 0 Å². The number of hydrogen-bond donors (Lipinski definition) is 1. The maximum atomic E-state index is 12.7. The zero-order chi connectivity index (χ0) is 13.3. The molecular formula is C17H23NO. The number of nitrogens with two attached hydrogens (primary N) is 1. The van der Waals surface area contributed by atoms with Crippen molar-refractivity contribution in [2.24, 2.45) is 5.73 Å². The highest BCUT2D eigenvalue weighted by molar-refractivity contribution is 6.03. The Labute approximate surface area is 115 Å². The first-order chi connectivity index (χ1) is 9.19. The summed E-state index contributed by atoms with van der Waals surface area (Å²) in [5.74, 6) is 0.834. The van der Waals surface area contributed by atoms with E-state index < -0.39 is 5.54 Å². The van der Waals surface area contributed by atoms with Gasteiger partial charge in [-0.25, -0.2) is 0 Å². The van der Waals surface area contributed by atoms with Crippen molar-refractivity contribution in [2.45, 2.75) is 62.8 Å². The average molecular weight is 257 g/mol. The van der Waals surface area contributed by atoms with Crippen molar-refractivity contribution in [3.05, 3.63) is 35.4 Å². The van der Waals surface area contributed by atoms with E-state index >= 15 is 0 Å². The van der Waals surface area contributed by atoms with Crippen LogP contribution in [0.25, 0.3) is 0 Å². The first-order valence-corrected chi connectivity index (χ1v) is 7.63. The fraction of sp³-hybridized carbons (Fsp3) is 0.588. The van der Waals surface area contributed by atoms with Gasteiger partial charge in [-0.1, -0.05) is 43.9 Å². The van der Waals surface area contributed by atoms with E-state index in [9.17, 15) is 4.79 Å². The van der Waals surface area contributed by atoms with Gasteiger partial charge in [0.15, 0.2) is 5.78 Å². The van der Waals surface area contributed by atoms with E-state index in [1.807, 2.05) is 12.1 Å². The summed E-state index contributed by atoms with van der Waals surface area (Å²) in [5, 5.41) is 0. The molecule has 0 bridgehead atoms. The molecule has 2 aliphatic carbocycles. The zero-order valence-electron chi connectivity index (χ0n) is 11.5. The van der Waals surface area contributed by atoms with E-state index in [1.54, 1.807) is 0 Å². The molecule has 2 aliphatic rings. The Morgan fingerprint density at radius 2 is 1.84 bits per heavy atom. The monoisotopic (exact) mass is 257 g/mol. The Morgan fingerprint density at radius 1 is 1.11 bits per heavy atom. The van der Waals surface area contributed by atoms with Gasteiger partial charge in [0, 0.05) is 5.56 Å². The number of rotatable bonds is 3. The van der Waals surface area contributed by atoms with Crippen LogP contribution in [0.15, 0.2) is 24.3 Å². The molecule has 0 aliphatic heterocycles. The number of benzene rings is 1. The van der Waals surface area contributed by atoms with Crippen LogP contribution in [0.3, 0.4) is 0 Å². The third kappa shape index (κ3) is 2.46. The minimum atomic E-state index is -0.601. The van der Waals surface area contributed by atoms with Crippen molar-refractivity contribution < 1.29 is 4.79 Å². The van der Waals surface area contributed by atoms with Gasteiger partial charge in [0.25, 0.3) is 0 Å². The third-order valence-corrected chi connectivity index (χ3v) is 4.92. The summed E-state index contributed by atoms with van der Waals surface area (Å²) in [5.41, 5.74) is 7.91. The predicted octanol–water partition coefficient (Wildman–Crippen LogP) is 3.80. The van der Waals surface area contributed by atoms with Gasteiger partial charge in [0.1, 0.15) is 0 Å². The molecule has 102 valence electrons. The lowest BCUT2D eigenvalue weighted by Gasteiger charge is -2.32. The molecule has 0 heterocycles. The number of carbonyl (C=O) groups is 1. The molecule has 2 saturated carbocycles. The van der Waals surface area contributed by atoms with Crippen molar-refractivity contribution in [1.82, 2.24) is 0 Å². The Kier molecular flexibility index (Phi) is 3.44. The van der Waals surface area contributed by atoms with Gasteiger partial charge in [-0.2, -0.15) is 0 Å². The topological polar surface area (TPSA) is 43.1 Å². The molecular weight excluding hydrogens is 234 g/mol. The standard InChI is InChI=1S/C17H23NO/c18-17(10-2-1-3-11-17)16(19)15-9-5-8-14(12-15)13-6-4-7-13/h5,8-9,12-13H,1-4,6-7,10-11,18H2. The van der Waals surface area contributed by atoms with Crippen molar-refractivity contribution in [1.29, 1.82) is 0 Å². The van der Waals surface area contributed by atoms with Crippen LogP contribution in [0.4, 0.5) is 0 Å². The van der Waals surface area contributed by atoms with Gasteiger partial charge in [0.05, 0.1) is 5.54 Å². The number of ketones is 1. The van der Waals surface area contributed by atoms with Crippen LogP contribution in [0.1, 0.15) is 73.2 Å². The van der Waals surface area contributed by atoms with Gasteiger partial charge in [-0.3, -0.25) is 4.79 Å². The van der Waals surface area contributed by atoms with Gasteiger partial charge in [-0.05, 0) is 43.2 Å². The molecule has 0 spiro atoms. The number of carbonyl (C=O) groups excluding carboxylic acids is 1. The molecule has 2 nitrogen and oxygen atoms in total. The van der Waals surface area contributed by atoms with Crippen LogP contribution in [-0.4, -0.2) is 11.3 Å². The molecule has 2 fully saturated rings. The zero-order valence-corrected chi connectivity index (χ0v) is 11.5. The molecule has 0 amide bonds. The van der Waals surface area contributed by atoms with E-state index in [-0.39, 0.29) is 5.78 Å². The average Bonchev–Trinajstić information content (AvgIpc) is 2.37. The fourth-order valence-corrected chi connectivity index (χ4v) is 3.37. The number of hydrogen-bond acceptors (Lipinski definition) is 2. The molecule has 3 rings (SSSR count). The highest BCUT2D eigenvalue weighted by Crippen LogP contribution is 2.37. The summed E-state index contributed by atoms with van der Waals surface area (Å²) >= 11 is 0. The van der Waals surface area contributed by atoms with Crippen LogP contribution in [-0.2, 0) is 0 Å². The molecule has 0 saturated heterocycles. The van der Waals surface area contributed by atoms with Gasteiger partial charge in [-0.15, -0.1) is 0 Å². The molecule has 0 aromatic heterocycles. The lowest BCUT2D eigenvalue weighted by molar-refractivity contribution is 0.0847. The second kappa shape index (κ2) is 5.09. The van der Waals surface area contributed by atoms with Crippen LogP contribution in [0, 0.1) is 0 Å². The van der Waals surface area contributed by atoms with Crippen molar-refractivity contribution >= 4 is 5.78 Å². The van der Waals surface area contributed by atoms with Crippen LogP contribution in [0.5, 0.6) is 0 Å². The fourth-order valence-electron chi connectivity index (χ4n) is 3.37. The molecule has 0 radical (unpaired) electrons. The molecule has 2 heteroatoms. The maximum absolute atomic E-state index is 12.7. The van der Waals surface area contributed by atoms with E-state index in [0.29, 0.717) is 5.92 Å². The maximum Gasteiger partial charge on any atom is 0.182 e. The summed E-state index contributed by atoms with van der Waals surface area (Å²) in [6.45, 7) is 0. The largest absolute Gasteiger partial charge is 0.319 e. The Morgan fingerprint density at radius 3 is 2.47 bits per heavy atom. The SMILES string of the molecule is NC1(C(=O)c2cccc(C3CCC3)c2)CCCCC1. The Hall–Kier alpha value is -1.15. The molecule has 2 N–H and O–H groups in total. The molecule has 1 aromatic carbocycles. The lowest BCUT2D eigenvalue weighted by atomic mass is 9.75. The van der Waals surface area contributed by atoms with Gasteiger partial charge >= 0.3 is 0 Å². The van der Waals surface area contributed by atoms with Crippen molar-refractivity contribution in [2.75, 3.05) is 0 Å². The minimum absolute atomic E-state index is 0.161. The van der Waals surface area contributed by atoms with Crippen LogP contribution in [0.2, 0.25) is 0 Å². The summed E-state index contributed by atoms with van der Waals surface area (Å²) in [6, 6.07) is 8.21. The van der Waals surface area contributed by atoms with Gasteiger partial charge < -0.3 is 5.73 Å². The summed E-state index contributed by atoms with van der Waals surface area (Å²) in [4.78, 5) is 12.7. The summed E-state index contributed by atoms with van der Waals surface area (Å²) in [6.07, 6.45) is 8.95. The predicted molar refractivity (Wildman–Crippen MR) is 77.4 cm³/mol. The Balaban J connectivity index is 1.82. The highest BCUT2D eigenvalue weighted by atomic mass is 16.1. The van der Waals surface area contributed by atoms with Crippen molar-refractivity contribution in [3.63, 3.8) is 0 Å². The third-order valence-electron chi connectivity index (χ3n) is 4.92. The molecule has 0 atom stereocenters. The van der Waals surface area contributed by atoms with Crippen LogP contribution >= 0.6 is 0 Å². The lowest BCUT2D eigenvalue weighted by Crippen LogP contribution is -2.49. The molecule has 0 unspecified atom stereocenters. The summed E-state index contributed by atoms with van der Waals surface area (Å²) < 4.78 is 0. The van der Waals surface area contributed by atoms with Gasteiger partial charge in [0.2, 0.25) is 0 Å². The Bertz CT molecular complexity index is 470. The second-order valence-electron chi connectivity index (χ2n) is 6.30. The van der Waals surface area contributed by atoms with E-state index in [4.69, 9.17) is 5.73 Å². The van der Waals surface area contributed by atoms with Crippen LogP contribution < -0.4 is 5.73 Å². The van der Waals surface area contributed by atoms with E-state index in [2.05, 4.69) is 12.1 Å². The first-order valence-electron chi connectivity index (χ1n) is 7.63. The first kappa shape index (κ1) is 12.9.